The molecule has 0 aliphatic heterocycles. The van der Waals surface area contributed by atoms with E-state index < -0.39 is 0 Å². The van der Waals surface area contributed by atoms with Gasteiger partial charge in [-0.2, -0.15) is 0 Å². The maximum atomic E-state index is 12.5. The third kappa shape index (κ3) is 6.09. The normalized spacial score (nSPS) is 12.2. The second-order valence-corrected chi connectivity index (χ2v) is 7.05. The Morgan fingerprint density at radius 2 is 2.19 bits per heavy atom. The van der Waals surface area contributed by atoms with Crippen molar-refractivity contribution in [3.05, 3.63) is 63.5 Å². The second-order valence-electron chi connectivity index (χ2n) is 7.05. The molecule has 162 valence electrons. The molecule has 2 N–H and O–H groups in total. The largest absolute Gasteiger partial charge is 0.507 e. The summed E-state index contributed by atoms with van der Waals surface area (Å²) in [5, 5.41) is 10.8. The molecule has 1 amide bonds. The first-order valence-corrected chi connectivity index (χ1v) is 9.88. The smallest absolute Gasteiger partial charge is 0.256 e. The first kappa shape index (κ1) is 23.5. The van der Waals surface area contributed by atoms with Gasteiger partial charge in [-0.3, -0.25) is 9.59 Å². The first-order valence-electron chi connectivity index (χ1n) is 9.88. The third-order valence-electron chi connectivity index (χ3n) is 4.61. The molecule has 0 spiro atoms. The van der Waals surface area contributed by atoms with Crippen LogP contribution in [0.3, 0.4) is 0 Å². The van der Waals surface area contributed by atoms with Crippen molar-refractivity contribution in [3.8, 4) is 18.1 Å². The van der Waals surface area contributed by atoms with Gasteiger partial charge in [-0.25, -0.2) is 4.98 Å². The number of carbonyl (C=O) groups excluding carboxylic acids is 1. The van der Waals surface area contributed by atoms with E-state index in [4.69, 9.17) is 11.2 Å². The lowest BCUT2D eigenvalue weighted by Gasteiger charge is -2.17. The number of aromatic amines is 1. The molecular formula is C24H27N3O4. The van der Waals surface area contributed by atoms with Crippen molar-refractivity contribution in [2.45, 2.75) is 33.6 Å². The molecule has 7 nitrogen and oxygen atoms in total. The number of allylic oxidation sites excluding steroid dienone is 2. The predicted molar refractivity (Wildman–Crippen MR) is 122 cm³/mol. The van der Waals surface area contributed by atoms with E-state index in [2.05, 4.69) is 15.9 Å². The minimum atomic E-state index is -0.355. The van der Waals surface area contributed by atoms with E-state index in [1.807, 2.05) is 13.8 Å². The summed E-state index contributed by atoms with van der Waals surface area (Å²) in [7, 11) is 1.67. The molecule has 0 radical (unpaired) electrons. The Bertz CT molecular complexity index is 1150. The molecule has 0 aliphatic carbocycles. The predicted octanol–water partition coefficient (Wildman–Crippen LogP) is 3.51. The van der Waals surface area contributed by atoms with Crippen molar-refractivity contribution in [2.75, 3.05) is 13.6 Å². The van der Waals surface area contributed by atoms with Crippen LogP contribution >= 0.6 is 0 Å². The quantitative estimate of drug-likeness (QED) is 0.386. The summed E-state index contributed by atoms with van der Waals surface area (Å²) in [5.74, 6) is 2.85. The number of ether oxygens (including phenoxy) is 1. The van der Waals surface area contributed by atoms with Gasteiger partial charge in [-0.05, 0) is 49.6 Å². The van der Waals surface area contributed by atoms with Crippen molar-refractivity contribution in [3.63, 3.8) is 0 Å². The molecule has 2 heterocycles. The highest BCUT2D eigenvalue weighted by Gasteiger charge is 2.12. The summed E-state index contributed by atoms with van der Waals surface area (Å²) >= 11 is 0. The fraction of sp³-hybridized carbons (Fsp3) is 0.292. The van der Waals surface area contributed by atoms with Crippen LogP contribution in [-0.4, -0.2) is 39.5 Å². The van der Waals surface area contributed by atoms with Crippen molar-refractivity contribution in [1.82, 2.24) is 14.9 Å². The number of H-pyrrole nitrogens is 1. The molecule has 7 heteroatoms. The molecule has 0 saturated heterocycles. The Balaban J connectivity index is 2.13. The number of likely N-dealkylation sites (N-methyl/N-ethyl adjacent to an activating group) is 1. The molecule has 2 aromatic heterocycles. The van der Waals surface area contributed by atoms with E-state index in [0.717, 1.165) is 5.57 Å². The zero-order valence-corrected chi connectivity index (χ0v) is 18.2. The highest BCUT2D eigenvalue weighted by Crippen LogP contribution is 2.25. The number of amides is 1. The first-order chi connectivity index (χ1) is 14.8. The number of hydrogen-bond donors (Lipinski definition) is 2. The molecule has 0 saturated carbocycles. The van der Waals surface area contributed by atoms with Gasteiger partial charge >= 0.3 is 0 Å². The Hall–Kier alpha value is -3.79. The fourth-order valence-corrected chi connectivity index (χ4v) is 2.82. The zero-order valence-electron chi connectivity index (χ0n) is 18.2. The van der Waals surface area contributed by atoms with Crippen LogP contribution in [-0.2, 0) is 16.0 Å². The van der Waals surface area contributed by atoms with Gasteiger partial charge in [0, 0.05) is 25.7 Å². The van der Waals surface area contributed by atoms with Crippen LogP contribution < -0.4 is 5.56 Å². The Morgan fingerprint density at radius 1 is 1.45 bits per heavy atom. The molecule has 31 heavy (non-hydrogen) atoms. The number of aromatic hydroxyl groups is 1. The van der Waals surface area contributed by atoms with Gasteiger partial charge in [0.25, 0.3) is 5.56 Å². The Morgan fingerprint density at radius 3 is 2.84 bits per heavy atom. The number of terminal acetylenes is 1. The minimum Gasteiger partial charge on any atom is -0.507 e. The standard InChI is InChI=1S/C24H27N3O4/c1-6-9-16(4)15-31-18(7-2)14-27(5)21(28)11-10-17-12-20-22(29)19(8-3)24(30)26-23(20)25-13-17/h1,7,10-13,15H,8-9,14H2,2-5H3,(H2,25,26,29,30)/b11-10+,16-15+,18-7+. The summed E-state index contributed by atoms with van der Waals surface area (Å²) in [4.78, 5) is 32.8. The van der Waals surface area contributed by atoms with Crippen molar-refractivity contribution in [1.29, 1.82) is 0 Å². The van der Waals surface area contributed by atoms with E-state index in [-0.39, 0.29) is 23.8 Å². The van der Waals surface area contributed by atoms with E-state index >= 15 is 0 Å². The lowest BCUT2D eigenvalue weighted by molar-refractivity contribution is -0.124. The molecule has 0 fully saturated rings. The summed E-state index contributed by atoms with van der Waals surface area (Å²) in [6.45, 7) is 5.78. The van der Waals surface area contributed by atoms with Crippen LogP contribution in [0.4, 0.5) is 0 Å². The fourth-order valence-electron chi connectivity index (χ4n) is 2.82. The topological polar surface area (TPSA) is 95.5 Å². The number of hydrogen-bond acceptors (Lipinski definition) is 5. The monoisotopic (exact) mass is 421 g/mol. The molecule has 2 rings (SSSR count). The molecule has 0 unspecified atom stereocenters. The molecule has 0 atom stereocenters. The third-order valence-corrected chi connectivity index (χ3v) is 4.61. The van der Waals surface area contributed by atoms with Gasteiger partial charge in [-0.15, -0.1) is 12.3 Å². The molecule has 0 aromatic carbocycles. The molecule has 2 aromatic rings. The van der Waals surface area contributed by atoms with Gasteiger partial charge in [0.15, 0.2) is 0 Å². The summed E-state index contributed by atoms with van der Waals surface area (Å²) < 4.78 is 5.60. The van der Waals surface area contributed by atoms with Crippen LogP contribution in [0.2, 0.25) is 0 Å². The number of aromatic nitrogens is 2. The molecular weight excluding hydrogens is 394 g/mol. The number of nitrogens with one attached hydrogen (secondary N) is 1. The van der Waals surface area contributed by atoms with Gasteiger partial charge in [0.05, 0.1) is 23.8 Å². The molecule has 0 bridgehead atoms. The van der Waals surface area contributed by atoms with E-state index in [0.29, 0.717) is 40.8 Å². The highest BCUT2D eigenvalue weighted by atomic mass is 16.5. The lowest BCUT2D eigenvalue weighted by Crippen LogP contribution is -2.27. The van der Waals surface area contributed by atoms with Crippen LogP contribution in [0.15, 0.2) is 46.8 Å². The maximum absolute atomic E-state index is 12.5. The summed E-state index contributed by atoms with van der Waals surface area (Å²) in [5.41, 5.74) is 1.77. The maximum Gasteiger partial charge on any atom is 0.256 e. The average molecular weight is 421 g/mol. The van der Waals surface area contributed by atoms with Crippen molar-refractivity contribution in [2.24, 2.45) is 0 Å². The van der Waals surface area contributed by atoms with Crippen LogP contribution in [0.5, 0.6) is 5.75 Å². The van der Waals surface area contributed by atoms with Gasteiger partial charge in [0.1, 0.15) is 17.2 Å². The second kappa shape index (κ2) is 10.8. The number of pyridine rings is 2. The van der Waals surface area contributed by atoms with Gasteiger partial charge < -0.3 is 19.7 Å². The highest BCUT2D eigenvalue weighted by molar-refractivity contribution is 5.92. The Labute approximate surface area is 181 Å². The number of rotatable bonds is 8. The average Bonchev–Trinajstić information content (AvgIpc) is 2.75. The lowest BCUT2D eigenvalue weighted by atomic mass is 10.1. The van der Waals surface area contributed by atoms with E-state index in [9.17, 15) is 14.7 Å². The van der Waals surface area contributed by atoms with E-state index in [1.165, 1.54) is 17.2 Å². The number of nitrogens with zero attached hydrogens (tertiary/aromatic N) is 2. The van der Waals surface area contributed by atoms with Gasteiger partial charge in [0.2, 0.25) is 5.91 Å². The number of carbonyl (C=O) groups is 1. The van der Waals surface area contributed by atoms with Crippen LogP contribution in [0.1, 0.15) is 38.3 Å². The Kier molecular flexibility index (Phi) is 8.21. The zero-order chi connectivity index (χ0) is 23.0. The minimum absolute atomic E-state index is 0.0875. The SMILES string of the molecule is C#CC/C(C)=C/O/C(=C/C)CN(C)C(=O)/C=C/c1cnc2[nH]c(=O)c(CC)c(O)c2c1. The van der Waals surface area contributed by atoms with Crippen LogP contribution in [0, 0.1) is 12.3 Å². The van der Waals surface area contributed by atoms with Crippen LogP contribution in [0.25, 0.3) is 17.1 Å². The molecule has 0 aliphatic rings. The van der Waals surface area contributed by atoms with Crippen molar-refractivity contribution >= 4 is 23.0 Å². The van der Waals surface area contributed by atoms with E-state index in [1.54, 1.807) is 38.5 Å². The summed E-state index contributed by atoms with van der Waals surface area (Å²) in [6, 6.07) is 1.68. The number of fused-ring (bicyclic) bond motifs is 1. The summed E-state index contributed by atoms with van der Waals surface area (Å²) in [6.07, 6.45) is 14.1. The van der Waals surface area contributed by atoms with Crippen molar-refractivity contribution < 1.29 is 14.6 Å². The van der Waals surface area contributed by atoms with Gasteiger partial charge in [-0.1, -0.05) is 6.92 Å².